The number of nitrogens with two attached hydrogens (primary N) is 1. The molecule has 0 atom stereocenters. The summed E-state index contributed by atoms with van der Waals surface area (Å²) in [5.41, 5.74) is 10.7. The van der Waals surface area contributed by atoms with Crippen molar-refractivity contribution in [3.05, 3.63) is 35.7 Å². The normalized spacial score (nSPS) is 16.0. The van der Waals surface area contributed by atoms with Crippen molar-refractivity contribution in [2.24, 2.45) is 5.73 Å². The zero-order chi connectivity index (χ0) is 17.7. The highest BCUT2D eigenvalue weighted by molar-refractivity contribution is 5.89. The second-order valence-electron chi connectivity index (χ2n) is 6.94. The maximum atomic E-state index is 11.8. The molecular weight excluding hydrogens is 328 g/mol. The first-order valence-electron chi connectivity index (χ1n) is 9.11. The summed E-state index contributed by atoms with van der Waals surface area (Å²) in [6, 6.07) is 6.04. The summed E-state index contributed by atoms with van der Waals surface area (Å²) >= 11 is 0. The predicted octanol–water partition coefficient (Wildman–Crippen LogP) is 1.79. The lowest BCUT2D eigenvalue weighted by Gasteiger charge is -2.31. The number of hydrogen-bond donors (Lipinski definition) is 1. The van der Waals surface area contributed by atoms with Crippen LogP contribution in [0.4, 0.5) is 5.95 Å². The Morgan fingerprint density at radius 3 is 2.81 bits per heavy atom. The first-order valence-corrected chi connectivity index (χ1v) is 9.11. The topological polar surface area (TPSA) is 89.9 Å². The summed E-state index contributed by atoms with van der Waals surface area (Å²) in [6.45, 7) is 2.01. The third kappa shape index (κ3) is 2.39. The first kappa shape index (κ1) is 15.5. The van der Waals surface area contributed by atoms with Gasteiger partial charge in [-0.1, -0.05) is 6.07 Å². The molecule has 1 aromatic carbocycles. The molecule has 0 amide bonds. The molecule has 7 nitrogen and oxygen atoms in total. The number of fused-ring (bicyclic) bond motifs is 2. The average Bonchev–Trinajstić information content (AvgIpc) is 3.24. The lowest BCUT2D eigenvalue weighted by atomic mass is 10.0. The van der Waals surface area contributed by atoms with E-state index < -0.39 is 0 Å². The molecular formula is C19H20N6O. The van der Waals surface area contributed by atoms with Crippen LogP contribution in [0.1, 0.15) is 28.9 Å². The summed E-state index contributed by atoms with van der Waals surface area (Å²) in [6.07, 6.45) is 6.12. The van der Waals surface area contributed by atoms with E-state index in [4.69, 9.17) is 15.7 Å². The molecule has 2 aromatic heterocycles. The molecule has 0 spiro atoms. The van der Waals surface area contributed by atoms with Gasteiger partial charge in [0.1, 0.15) is 0 Å². The number of rotatable bonds is 3. The quantitative estimate of drug-likeness (QED) is 0.776. The van der Waals surface area contributed by atoms with Gasteiger partial charge in [-0.15, -0.1) is 0 Å². The zero-order valence-electron chi connectivity index (χ0n) is 14.5. The molecule has 1 aliphatic heterocycles. The Morgan fingerprint density at radius 1 is 1.15 bits per heavy atom. The monoisotopic (exact) mass is 348 g/mol. The van der Waals surface area contributed by atoms with Gasteiger partial charge in [0.25, 0.3) is 5.91 Å². The van der Waals surface area contributed by atoms with Crippen LogP contribution in [0.25, 0.3) is 22.2 Å². The lowest BCUT2D eigenvalue weighted by Crippen LogP contribution is -2.38. The van der Waals surface area contributed by atoms with Crippen molar-refractivity contribution in [1.82, 2.24) is 19.7 Å². The number of hydrogen-bond acceptors (Lipinski definition) is 6. The molecule has 3 aromatic rings. The minimum atomic E-state index is -0.217. The number of nitrogens with zero attached hydrogens (tertiary/aromatic N) is 5. The van der Waals surface area contributed by atoms with E-state index in [1.165, 1.54) is 22.4 Å². The van der Waals surface area contributed by atoms with Crippen molar-refractivity contribution in [2.75, 3.05) is 24.5 Å². The minimum Gasteiger partial charge on any atom is -0.341 e. The van der Waals surface area contributed by atoms with Gasteiger partial charge in [-0.3, -0.25) is 4.79 Å². The second kappa shape index (κ2) is 5.88. The van der Waals surface area contributed by atoms with Crippen LogP contribution in [0.5, 0.6) is 0 Å². The van der Waals surface area contributed by atoms with E-state index in [1.54, 1.807) is 6.20 Å². The van der Waals surface area contributed by atoms with Crippen LogP contribution in [-0.4, -0.2) is 45.3 Å². The summed E-state index contributed by atoms with van der Waals surface area (Å²) in [5, 5.41) is 5.22. The van der Waals surface area contributed by atoms with E-state index in [-0.39, 0.29) is 12.5 Å². The Bertz CT molecular complexity index is 1020. The molecule has 5 rings (SSSR count). The van der Waals surface area contributed by atoms with Gasteiger partial charge in [0, 0.05) is 41.5 Å². The van der Waals surface area contributed by atoms with Crippen LogP contribution in [0.15, 0.2) is 24.4 Å². The fourth-order valence-electron chi connectivity index (χ4n) is 3.71. The van der Waals surface area contributed by atoms with Crippen molar-refractivity contribution in [3.63, 3.8) is 0 Å². The van der Waals surface area contributed by atoms with Crippen molar-refractivity contribution >= 4 is 22.8 Å². The van der Waals surface area contributed by atoms with E-state index in [9.17, 15) is 4.79 Å². The van der Waals surface area contributed by atoms with Crippen molar-refractivity contribution in [2.45, 2.75) is 25.7 Å². The van der Waals surface area contributed by atoms with Gasteiger partial charge >= 0.3 is 0 Å². The van der Waals surface area contributed by atoms with Crippen LogP contribution in [-0.2, 0) is 12.8 Å². The summed E-state index contributed by atoms with van der Waals surface area (Å²) < 4.78 is 1.32. The van der Waals surface area contributed by atoms with Crippen molar-refractivity contribution in [1.29, 1.82) is 0 Å². The van der Waals surface area contributed by atoms with Gasteiger partial charge in [-0.05, 0) is 37.8 Å². The van der Waals surface area contributed by atoms with Crippen LogP contribution in [0.2, 0.25) is 0 Å². The molecule has 0 bridgehead atoms. The summed E-state index contributed by atoms with van der Waals surface area (Å²) in [7, 11) is 0. The van der Waals surface area contributed by atoms with E-state index in [0.717, 1.165) is 60.5 Å². The van der Waals surface area contributed by atoms with Gasteiger partial charge in [0.05, 0.1) is 17.8 Å². The smallest absolute Gasteiger partial charge is 0.260 e. The number of benzene rings is 1. The molecule has 1 aliphatic carbocycles. The summed E-state index contributed by atoms with van der Waals surface area (Å²) in [4.78, 5) is 23.7. The SMILES string of the molecule is NCC(=O)n1cc2cc(-c3nc(N4CCC4)nc4c3CCC4)ccc2n1. The molecule has 1 saturated heterocycles. The minimum absolute atomic E-state index is 0.0561. The highest BCUT2D eigenvalue weighted by Gasteiger charge is 2.24. The Labute approximate surface area is 150 Å². The molecule has 0 unspecified atom stereocenters. The fraction of sp³-hybridized carbons (Fsp3) is 0.368. The molecule has 2 aliphatic rings. The third-order valence-corrected chi connectivity index (χ3v) is 5.27. The molecule has 0 saturated carbocycles. The highest BCUT2D eigenvalue weighted by Crippen LogP contribution is 2.33. The maximum Gasteiger partial charge on any atom is 0.260 e. The van der Waals surface area contributed by atoms with Crippen LogP contribution >= 0.6 is 0 Å². The Morgan fingerprint density at radius 2 is 2.04 bits per heavy atom. The summed E-state index contributed by atoms with van der Waals surface area (Å²) in [5.74, 6) is 0.631. The Balaban J connectivity index is 1.62. The van der Waals surface area contributed by atoms with E-state index >= 15 is 0 Å². The number of aryl methyl sites for hydroxylation is 1. The molecule has 7 heteroatoms. The van der Waals surface area contributed by atoms with Gasteiger partial charge in [0.15, 0.2) is 0 Å². The fourth-order valence-corrected chi connectivity index (χ4v) is 3.71. The first-order chi connectivity index (χ1) is 12.7. The number of carbonyl (C=O) groups excluding carboxylic acids is 1. The molecule has 3 heterocycles. The zero-order valence-corrected chi connectivity index (χ0v) is 14.5. The molecule has 1 fully saturated rings. The Hall–Kier alpha value is -2.80. The van der Waals surface area contributed by atoms with Crippen molar-refractivity contribution < 1.29 is 4.79 Å². The van der Waals surface area contributed by atoms with E-state index in [2.05, 4.69) is 16.1 Å². The van der Waals surface area contributed by atoms with Gasteiger partial charge < -0.3 is 10.6 Å². The molecule has 2 N–H and O–H groups in total. The number of anilines is 1. The number of carbonyl (C=O) groups is 1. The molecule has 26 heavy (non-hydrogen) atoms. The van der Waals surface area contributed by atoms with E-state index in [1.807, 2.05) is 12.1 Å². The Kier molecular flexibility index (Phi) is 3.49. The maximum absolute atomic E-state index is 11.8. The standard InChI is InChI=1S/C19H20N6O/c20-10-17(26)25-11-13-9-12(5-6-15(13)23-25)18-14-3-1-4-16(14)21-19(22-18)24-7-2-8-24/h5-6,9,11H,1-4,7-8,10,20H2. The van der Waals surface area contributed by atoms with Gasteiger partial charge in [-0.2, -0.15) is 5.10 Å². The van der Waals surface area contributed by atoms with Crippen LogP contribution in [0, 0.1) is 0 Å². The largest absolute Gasteiger partial charge is 0.341 e. The van der Waals surface area contributed by atoms with Gasteiger partial charge in [0.2, 0.25) is 5.95 Å². The van der Waals surface area contributed by atoms with Crippen LogP contribution in [0.3, 0.4) is 0 Å². The van der Waals surface area contributed by atoms with E-state index in [0.29, 0.717) is 0 Å². The van der Waals surface area contributed by atoms with Crippen molar-refractivity contribution in [3.8, 4) is 11.3 Å². The number of aromatic nitrogens is 4. The molecule has 132 valence electrons. The molecule has 0 radical (unpaired) electrons. The second-order valence-corrected chi connectivity index (χ2v) is 6.94. The highest BCUT2D eigenvalue weighted by atomic mass is 16.2. The third-order valence-electron chi connectivity index (χ3n) is 5.27. The lowest BCUT2D eigenvalue weighted by molar-refractivity contribution is 0.0909. The predicted molar refractivity (Wildman–Crippen MR) is 99.3 cm³/mol. The van der Waals surface area contributed by atoms with Crippen LogP contribution < -0.4 is 10.6 Å². The van der Waals surface area contributed by atoms with Gasteiger partial charge in [-0.25, -0.2) is 14.6 Å². The average molecular weight is 348 g/mol.